The van der Waals surface area contributed by atoms with E-state index in [1.807, 2.05) is 22.8 Å². The molecule has 4 rings (SSSR count). The van der Waals surface area contributed by atoms with Crippen LogP contribution < -0.4 is 4.74 Å². The van der Waals surface area contributed by atoms with Gasteiger partial charge in [0.2, 0.25) is 0 Å². The number of aromatic nitrogens is 2. The first-order valence-corrected chi connectivity index (χ1v) is 9.58. The number of nitrogens with zero attached hydrogens (tertiary/aromatic N) is 2. The van der Waals surface area contributed by atoms with Crippen molar-refractivity contribution in [3.8, 4) is 10.8 Å². The largest absolute Gasteiger partial charge is 0.488 e. The Balaban J connectivity index is 1.57. The van der Waals surface area contributed by atoms with Gasteiger partial charge in [-0.3, -0.25) is 4.57 Å². The standard InChI is InChI=1S/C19H12BrF3N2OS/c20-13-5-6-16-17(7-13)25(11-24-16)18-8-14(10-27-18)26-9-12-3-1-2-4-15(12)19(21,22)23/h1-8,10-11H,9H2. The van der Waals surface area contributed by atoms with Crippen LogP contribution in [0.1, 0.15) is 11.1 Å². The Morgan fingerprint density at radius 3 is 2.74 bits per heavy atom. The molecule has 2 heterocycles. The second kappa shape index (κ2) is 7.01. The van der Waals surface area contributed by atoms with E-state index in [0.29, 0.717) is 5.75 Å². The molecule has 0 spiro atoms. The third-order valence-corrected chi connectivity index (χ3v) is 5.42. The van der Waals surface area contributed by atoms with Crippen molar-refractivity contribution in [3.63, 3.8) is 0 Å². The maximum Gasteiger partial charge on any atom is 0.416 e. The summed E-state index contributed by atoms with van der Waals surface area (Å²) in [5.74, 6) is 0.517. The average Bonchev–Trinajstić information content (AvgIpc) is 3.25. The van der Waals surface area contributed by atoms with Crippen LogP contribution >= 0.6 is 27.3 Å². The highest BCUT2D eigenvalue weighted by Crippen LogP contribution is 2.33. The molecule has 2 aromatic heterocycles. The van der Waals surface area contributed by atoms with Gasteiger partial charge in [0.25, 0.3) is 0 Å². The number of thiophene rings is 1. The van der Waals surface area contributed by atoms with Crippen molar-refractivity contribution >= 4 is 38.3 Å². The maximum atomic E-state index is 13.1. The third kappa shape index (κ3) is 3.72. The highest BCUT2D eigenvalue weighted by atomic mass is 79.9. The second-order valence-corrected chi connectivity index (χ2v) is 7.62. The van der Waals surface area contributed by atoms with Crippen LogP contribution in [-0.2, 0) is 12.8 Å². The molecule has 27 heavy (non-hydrogen) atoms. The lowest BCUT2D eigenvalue weighted by molar-refractivity contribution is -0.138. The predicted molar refractivity (Wildman–Crippen MR) is 102 cm³/mol. The van der Waals surface area contributed by atoms with E-state index >= 15 is 0 Å². The fourth-order valence-corrected chi connectivity index (χ4v) is 3.92. The summed E-state index contributed by atoms with van der Waals surface area (Å²) in [6, 6.07) is 13.0. The first-order chi connectivity index (χ1) is 12.9. The summed E-state index contributed by atoms with van der Waals surface area (Å²) < 4.78 is 47.7. The Kier molecular flexibility index (Phi) is 4.69. The second-order valence-electron chi connectivity index (χ2n) is 5.81. The lowest BCUT2D eigenvalue weighted by Gasteiger charge is -2.12. The van der Waals surface area contributed by atoms with Gasteiger partial charge >= 0.3 is 6.18 Å². The summed E-state index contributed by atoms with van der Waals surface area (Å²) in [6.07, 6.45) is -2.69. The minimum absolute atomic E-state index is 0.106. The van der Waals surface area contributed by atoms with Gasteiger partial charge in [-0.25, -0.2) is 4.98 Å². The van der Waals surface area contributed by atoms with Crippen molar-refractivity contribution in [3.05, 3.63) is 75.8 Å². The molecule has 0 bridgehead atoms. The molecule has 0 saturated carbocycles. The number of imidazole rings is 1. The topological polar surface area (TPSA) is 27.1 Å². The zero-order chi connectivity index (χ0) is 19.0. The smallest absolute Gasteiger partial charge is 0.416 e. The normalized spacial score (nSPS) is 11.9. The summed E-state index contributed by atoms with van der Waals surface area (Å²) in [5.41, 5.74) is 1.22. The van der Waals surface area contributed by atoms with Crippen molar-refractivity contribution in [2.75, 3.05) is 0 Å². The molecular formula is C19H12BrF3N2OS. The minimum atomic E-state index is -4.40. The Bertz CT molecular complexity index is 1100. The lowest BCUT2D eigenvalue weighted by Crippen LogP contribution is -2.10. The number of rotatable bonds is 4. The van der Waals surface area contributed by atoms with Crippen molar-refractivity contribution < 1.29 is 17.9 Å². The Hall–Kier alpha value is -2.32. The Morgan fingerprint density at radius 2 is 1.93 bits per heavy atom. The third-order valence-electron chi connectivity index (χ3n) is 4.03. The van der Waals surface area contributed by atoms with Gasteiger partial charge in [0.1, 0.15) is 23.7 Å². The molecular weight excluding hydrogens is 441 g/mol. The summed E-state index contributed by atoms with van der Waals surface area (Å²) in [7, 11) is 0. The van der Waals surface area contributed by atoms with E-state index in [-0.39, 0.29) is 12.2 Å². The highest BCUT2D eigenvalue weighted by molar-refractivity contribution is 9.10. The van der Waals surface area contributed by atoms with E-state index in [0.717, 1.165) is 26.6 Å². The molecule has 2 aromatic carbocycles. The average molecular weight is 453 g/mol. The van der Waals surface area contributed by atoms with Crippen LogP contribution in [0.15, 0.2) is 64.7 Å². The molecule has 0 saturated heterocycles. The van der Waals surface area contributed by atoms with Gasteiger partial charge in [-0.2, -0.15) is 13.2 Å². The number of fused-ring (bicyclic) bond motifs is 1. The fourth-order valence-electron chi connectivity index (χ4n) is 2.75. The van der Waals surface area contributed by atoms with Crippen LogP contribution in [0.4, 0.5) is 13.2 Å². The Labute approximate surface area is 165 Å². The van der Waals surface area contributed by atoms with Crippen LogP contribution in [-0.4, -0.2) is 9.55 Å². The van der Waals surface area contributed by atoms with E-state index in [2.05, 4.69) is 20.9 Å². The summed E-state index contributed by atoms with van der Waals surface area (Å²) >= 11 is 4.88. The van der Waals surface area contributed by atoms with Crippen LogP contribution in [0.25, 0.3) is 16.0 Å². The molecule has 0 aliphatic heterocycles. The molecule has 0 fully saturated rings. The monoisotopic (exact) mass is 452 g/mol. The van der Waals surface area contributed by atoms with Crippen molar-refractivity contribution in [1.82, 2.24) is 9.55 Å². The van der Waals surface area contributed by atoms with Gasteiger partial charge in [0.15, 0.2) is 0 Å². The number of hydrogen-bond donors (Lipinski definition) is 0. The maximum absolute atomic E-state index is 13.1. The molecule has 138 valence electrons. The number of hydrogen-bond acceptors (Lipinski definition) is 3. The Morgan fingerprint density at radius 1 is 1.11 bits per heavy atom. The van der Waals surface area contributed by atoms with Gasteiger partial charge in [-0.1, -0.05) is 34.1 Å². The highest BCUT2D eigenvalue weighted by Gasteiger charge is 2.33. The number of benzene rings is 2. The zero-order valence-electron chi connectivity index (χ0n) is 13.7. The number of ether oxygens (including phenoxy) is 1. The van der Waals surface area contributed by atoms with Gasteiger partial charge in [0.05, 0.1) is 16.6 Å². The quantitative estimate of drug-likeness (QED) is 0.355. The van der Waals surface area contributed by atoms with Crippen LogP contribution in [0.2, 0.25) is 0 Å². The van der Waals surface area contributed by atoms with Gasteiger partial charge in [0, 0.05) is 21.5 Å². The van der Waals surface area contributed by atoms with E-state index in [1.165, 1.54) is 23.5 Å². The van der Waals surface area contributed by atoms with Gasteiger partial charge < -0.3 is 4.74 Å². The van der Waals surface area contributed by atoms with Gasteiger partial charge in [-0.05, 0) is 24.3 Å². The number of halogens is 4. The van der Waals surface area contributed by atoms with E-state index < -0.39 is 11.7 Å². The molecule has 0 aliphatic carbocycles. The van der Waals surface area contributed by atoms with Crippen molar-refractivity contribution in [1.29, 1.82) is 0 Å². The first kappa shape index (κ1) is 18.1. The van der Waals surface area contributed by atoms with Crippen LogP contribution in [0.5, 0.6) is 5.75 Å². The fraction of sp³-hybridized carbons (Fsp3) is 0.105. The molecule has 0 radical (unpaired) electrons. The summed E-state index contributed by atoms with van der Waals surface area (Å²) in [4.78, 5) is 4.36. The van der Waals surface area contributed by atoms with E-state index in [4.69, 9.17) is 4.74 Å². The summed E-state index contributed by atoms with van der Waals surface area (Å²) in [6.45, 7) is -0.151. The molecule has 0 atom stereocenters. The first-order valence-electron chi connectivity index (χ1n) is 7.91. The zero-order valence-corrected chi connectivity index (χ0v) is 16.1. The van der Waals surface area contributed by atoms with E-state index in [1.54, 1.807) is 23.8 Å². The molecule has 0 aliphatic rings. The van der Waals surface area contributed by atoms with Crippen LogP contribution in [0.3, 0.4) is 0 Å². The molecule has 0 N–H and O–H groups in total. The predicted octanol–water partition coefficient (Wildman–Crippen LogP) is 6.45. The number of alkyl halides is 3. The molecule has 0 unspecified atom stereocenters. The summed E-state index contributed by atoms with van der Waals surface area (Å²) in [5, 5.41) is 2.64. The van der Waals surface area contributed by atoms with Crippen molar-refractivity contribution in [2.45, 2.75) is 12.8 Å². The van der Waals surface area contributed by atoms with E-state index in [9.17, 15) is 13.2 Å². The molecule has 8 heteroatoms. The molecule has 4 aromatic rings. The molecule has 0 amide bonds. The lowest BCUT2D eigenvalue weighted by atomic mass is 10.1. The van der Waals surface area contributed by atoms with Crippen molar-refractivity contribution in [2.24, 2.45) is 0 Å². The van der Waals surface area contributed by atoms with Crippen LogP contribution in [0, 0.1) is 0 Å². The minimum Gasteiger partial charge on any atom is -0.488 e. The molecule has 3 nitrogen and oxygen atoms in total. The SMILES string of the molecule is FC(F)(F)c1ccccc1COc1csc(-n2cnc3ccc(Br)cc32)c1. The van der Waals surface area contributed by atoms with Gasteiger partial charge in [-0.15, -0.1) is 11.3 Å².